The van der Waals surface area contributed by atoms with Crippen molar-refractivity contribution < 1.29 is 10.0 Å². The fourth-order valence-corrected chi connectivity index (χ4v) is 2.27. The van der Waals surface area contributed by atoms with E-state index < -0.39 is 5.91 Å². The summed E-state index contributed by atoms with van der Waals surface area (Å²) in [6.45, 7) is 0.407. The fourth-order valence-electron chi connectivity index (χ4n) is 2.27. The van der Waals surface area contributed by atoms with Crippen molar-refractivity contribution in [2.24, 2.45) is 0 Å². The molecule has 0 atom stereocenters. The smallest absolute Gasteiger partial charge is 0.306 e. The lowest BCUT2D eigenvalue weighted by Gasteiger charge is -2.05. The second kappa shape index (κ2) is 5.26. The molecule has 0 fully saturated rings. The van der Waals surface area contributed by atoms with Crippen LogP contribution in [0.1, 0.15) is 15.9 Å². The number of carbonyl (C=O) groups is 1. The van der Waals surface area contributed by atoms with Gasteiger partial charge in [-0.05, 0) is 29.8 Å². The third kappa shape index (κ3) is 2.44. The molecule has 0 saturated heterocycles. The van der Waals surface area contributed by atoms with Crippen LogP contribution in [0.5, 0.6) is 0 Å². The van der Waals surface area contributed by atoms with E-state index in [0.29, 0.717) is 12.1 Å². The van der Waals surface area contributed by atoms with Gasteiger partial charge in [0.05, 0.1) is 17.6 Å². The Labute approximate surface area is 119 Å². The van der Waals surface area contributed by atoms with Crippen LogP contribution >= 0.6 is 0 Å². The van der Waals surface area contributed by atoms with Crippen LogP contribution < -0.4 is 11.2 Å². The first-order chi connectivity index (χ1) is 10.2. The third-order valence-electron chi connectivity index (χ3n) is 3.34. The number of nitrogens with one attached hydrogen (secondary N) is 2. The van der Waals surface area contributed by atoms with Crippen molar-refractivity contribution in [3.8, 4) is 0 Å². The Kier molecular flexibility index (Phi) is 3.29. The fraction of sp³-hybridized carbons (Fsp3) is 0.0667. The number of hydrogen-bond acceptors (Lipinski definition) is 3. The first-order valence-corrected chi connectivity index (χ1v) is 6.40. The Hall–Kier alpha value is -2.86. The number of aromatic nitrogens is 2. The quantitative estimate of drug-likeness (QED) is 0.503. The molecule has 0 unspecified atom stereocenters. The molecule has 0 aliphatic rings. The number of benzene rings is 2. The number of para-hydroxylation sites is 2. The second-order valence-corrected chi connectivity index (χ2v) is 4.67. The van der Waals surface area contributed by atoms with E-state index in [1.807, 2.05) is 24.3 Å². The van der Waals surface area contributed by atoms with E-state index in [4.69, 9.17) is 5.21 Å². The van der Waals surface area contributed by atoms with E-state index in [1.165, 1.54) is 0 Å². The molecule has 6 nitrogen and oxygen atoms in total. The zero-order valence-corrected chi connectivity index (χ0v) is 11.0. The Morgan fingerprint density at radius 3 is 2.57 bits per heavy atom. The number of amides is 1. The van der Waals surface area contributed by atoms with E-state index in [-0.39, 0.29) is 5.69 Å². The van der Waals surface area contributed by atoms with Crippen molar-refractivity contribution >= 4 is 16.9 Å². The van der Waals surface area contributed by atoms with Gasteiger partial charge in [0, 0.05) is 5.56 Å². The highest BCUT2D eigenvalue weighted by atomic mass is 16.5. The molecule has 0 aliphatic carbocycles. The number of aromatic amines is 1. The number of H-pyrrole nitrogens is 1. The van der Waals surface area contributed by atoms with Gasteiger partial charge in [0.1, 0.15) is 0 Å². The zero-order chi connectivity index (χ0) is 14.8. The van der Waals surface area contributed by atoms with E-state index in [2.05, 4.69) is 4.98 Å². The van der Waals surface area contributed by atoms with Crippen molar-refractivity contribution in [2.75, 3.05) is 0 Å². The lowest BCUT2D eigenvalue weighted by atomic mass is 10.1. The third-order valence-corrected chi connectivity index (χ3v) is 3.34. The topological polar surface area (TPSA) is 87.1 Å². The predicted octanol–water partition coefficient (Wildman–Crippen LogP) is 1.50. The number of imidazole rings is 1. The standard InChI is InChI=1S/C15H13N3O3/c19-14(17-21)11-7-5-10(6-8-11)9-18-13-4-2-1-3-12(13)16-15(18)20/h1-8,21H,9H2,(H,16,20)(H,17,19). The van der Waals surface area contributed by atoms with Gasteiger partial charge in [-0.1, -0.05) is 24.3 Å². The normalized spacial score (nSPS) is 10.7. The first-order valence-electron chi connectivity index (χ1n) is 6.40. The van der Waals surface area contributed by atoms with Crippen molar-refractivity contribution in [3.05, 3.63) is 70.1 Å². The first kappa shape index (κ1) is 13.1. The minimum atomic E-state index is -0.564. The summed E-state index contributed by atoms with van der Waals surface area (Å²) in [5.74, 6) is -0.564. The molecule has 0 aliphatic heterocycles. The molecule has 1 heterocycles. The lowest BCUT2D eigenvalue weighted by Crippen LogP contribution is -2.19. The van der Waals surface area contributed by atoms with Crippen LogP contribution in [0.2, 0.25) is 0 Å². The summed E-state index contributed by atoms with van der Waals surface area (Å²) in [6, 6.07) is 14.2. The Morgan fingerprint density at radius 2 is 1.86 bits per heavy atom. The summed E-state index contributed by atoms with van der Waals surface area (Å²) < 4.78 is 1.64. The van der Waals surface area contributed by atoms with Crippen LogP contribution in [-0.2, 0) is 6.54 Å². The number of carbonyl (C=O) groups excluding carboxylic acids is 1. The van der Waals surface area contributed by atoms with E-state index in [9.17, 15) is 9.59 Å². The molecule has 6 heteroatoms. The molecule has 21 heavy (non-hydrogen) atoms. The molecule has 106 valence electrons. The monoisotopic (exact) mass is 283 g/mol. The van der Waals surface area contributed by atoms with Crippen molar-refractivity contribution in [1.29, 1.82) is 0 Å². The van der Waals surface area contributed by atoms with Gasteiger partial charge in [0.15, 0.2) is 0 Å². The highest BCUT2D eigenvalue weighted by molar-refractivity contribution is 5.93. The van der Waals surface area contributed by atoms with Crippen molar-refractivity contribution in [2.45, 2.75) is 6.54 Å². The summed E-state index contributed by atoms with van der Waals surface area (Å²) >= 11 is 0. The number of nitrogens with zero attached hydrogens (tertiary/aromatic N) is 1. The predicted molar refractivity (Wildman–Crippen MR) is 77.4 cm³/mol. The molecule has 3 N–H and O–H groups in total. The van der Waals surface area contributed by atoms with Crippen LogP contribution in [-0.4, -0.2) is 20.7 Å². The average molecular weight is 283 g/mol. The van der Waals surface area contributed by atoms with E-state index in [1.54, 1.807) is 34.3 Å². The minimum absolute atomic E-state index is 0.173. The lowest BCUT2D eigenvalue weighted by molar-refractivity contribution is 0.0706. The van der Waals surface area contributed by atoms with Gasteiger partial charge in [-0.2, -0.15) is 0 Å². The largest absolute Gasteiger partial charge is 0.326 e. The van der Waals surface area contributed by atoms with Gasteiger partial charge in [-0.25, -0.2) is 10.3 Å². The van der Waals surface area contributed by atoms with Crippen LogP contribution in [0.4, 0.5) is 0 Å². The average Bonchev–Trinajstić information content (AvgIpc) is 2.83. The van der Waals surface area contributed by atoms with E-state index >= 15 is 0 Å². The summed E-state index contributed by atoms with van der Waals surface area (Å²) in [7, 11) is 0. The molecule has 3 aromatic rings. The maximum atomic E-state index is 12.0. The minimum Gasteiger partial charge on any atom is -0.306 e. The van der Waals surface area contributed by atoms with Crippen LogP contribution in [0.25, 0.3) is 11.0 Å². The van der Waals surface area contributed by atoms with E-state index in [0.717, 1.165) is 16.6 Å². The van der Waals surface area contributed by atoms with Crippen LogP contribution in [0, 0.1) is 0 Å². The number of rotatable bonds is 3. The maximum absolute atomic E-state index is 12.0. The summed E-state index contributed by atoms with van der Waals surface area (Å²) in [5, 5.41) is 8.57. The van der Waals surface area contributed by atoms with Gasteiger partial charge in [-0.3, -0.25) is 14.6 Å². The molecule has 1 amide bonds. The zero-order valence-electron chi connectivity index (χ0n) is 11.0. The molecular weight excluding hydrogens is 270 g/mol. The number of fused-ring (bicyclic) bond motifs is 1. The van der Waals surface area contributed by atoms with Crippen molar-refractivity contribution in [1.82, 2.24) is 15.0 Å². The molecule has 2 aromatic carbocycles. The summed E-state index contributed by atoms with van der Waals surface area (Å²) in [6.07, 6.45) is 0. The summed E-state index contributed by atoms with van der Waals surface area (Å²) in [4.78, 5) is 26.0. The van der Waals surface area contributed by atoms with Crippen LogP contribution in [0.15, 0.2) is 53.3 Å². The van der Waals surface area contributed by atoms with Gasteiger partial charge in [0.2, 0.25) is 0 Å². The van der Waals surface area contributed by atoms with Crippen molar-refractivity contribution in [3.63, 3.8) is 0 Å². The molecule has 3 rings (SSSR count). The molecule has 0 radical (unpaired) electrons. The number of hydrogen-bond donors (Lipinski definition) is 3. The molecule has 0 saturated carbocycles. The number of hydroxylamine groups is 1. The molecule has 0 spiro atoms. The molecule has 1 aromatic heterocycles. The molecule has 0 bridgehead atoms. The Balaban J connectivity index is 1.94. The second-order valence-electron chi connectivity index (χ2n) is 4.67. The summed E-state index contributed by atoms with van der Waals surface area (Å²) in [5.41, 5.74) is 4.27. The maximum Gasteiger partial charge on any atom is 0.326 e. The highest BCUT2D eigenvalue weighted by Gasteiger charge is 2.07. The Morgan fingerprint density at radius 1 is 1.14 bits per heavy atom. The molecular formula is C15H13N3O3. The highest BCUT2D eigenvalue weighted by Crippen LogP contribution is 2.12. The SMILES string of the molecule is O=C(NO)c1ccc(Cn2c(=O)[nH]c3ccccc32)cc1. The van der Waals surface area contributed by atoms with Gasteiger partial charge >= 0.3 is 5.69 Å². The Bertz CT molecular complexity index is 846. The van der Waals surface area contributed by atoms with Crippen LogP contribution in [0.3, 0.4) is 0 Å². The van der Waals surface area contributed by atoms with Gasteiger partial charge in [-0.15, -0.1) is 0 Å². The van der Waals surface area contributed by atoms with Gasteiger partial charge < -0.3 is 4.98 Å². The van der Waals surface area contributed by atoms with Gasteiger partial charge in [0.25, 0.3) is 5.91 Å².